The van der Waals surface area contributed by atoms with Gasteiger partial charge in [0.1, 0.15) is 40.6 Å². The second kappa shape index (κ2) is 10.2. The molecular weight excluding hydrogens is 484 g/mol. The van der Waals surface area contributed by atoms with E-state index in [4.69, 9.17) is 13.9 Å². The van der Waals surface area contributed by atoms with Gasteiger partial charge in [0.15, 0.2) is 5.13 Å². The Balaban J connectivity index is 1.85. The number of carbonyl (C=O) groups is 3. The first-order valence-electron chi connectivity index (χ1n) is 11.1. The Morgan fingerprint density at radius 2 is 2.06 bits per heavy atom. The molecule has 4 rings (SSSR count). The molecule has 0 aliphatic carbocycles. The number of ketones is 1. The molecular formula is C26H24N2O7S. The quantitative estimate of drug-likeness (QED) is 0.153. The van der Waals surface area contributed by atoms with Crippen LogP contribution in [0.1, 0.15) is 45.4 Å². The van der Waals surface area contributed by atoms with Gasteiger partial charge in [0.05, 0.1) is 17.9 Å². The largest absolute Gasteiger partial charge is 0.507 e. The Kier molecular flexibility index (Phi) is 7.07. The number of rotatable bonds is 8. The fourth-order valence-corrected chi connectivity index (χ4v) is 4.82. The van der Waals surface area contributed by atoms with Crippen LogP contribution in [0.15, 0.2) is 59.0 Å². The van der Waals surface area contributed by atoms with E-state index >= 15 is 0 Å². The molecule has 1 aliphatic rings. The molecule has 1 unspecified atom stereocenters. The predicted octanol–water partition coefficient (Wildman–Crippen LogP) is 4.72. The van der Waals surface area contributed by atoms with Crippen LogP contribution in [0.2, 0.25) is 0 Å². The van der Waals surface area contributed by atoms with Crippen molar-refractivity contribution in [1.29, 1.82) is 0 Å². The second-order valence-corrected chi connectivity index (χ2v) is 8.85. The molecule has 3 heterocycles. The van der Waals surface area contributed by atoms with E-state index in [-0.39, 0.29) is 33.7 Å². The molecule has 0 saturated carbocycles. The van der Waals surface area contributed by atoms with Crippen molar-refractivity contribution in [3.05, 3.63) is 82.3 Å². The fourth-order valence-electron chi connectivity index (χ4n) is 3.83. The van der Waals surface area contributed by atoms with Crippen LogP contribution < -0.4 is 9.64 Å². The van der Waals surface area contributed by atoms with Crippen molar-refractivity contribution in [1.82, 2.24) is 4.98 Å². The summed E-state index contributed by atoms with van der Waals surface area (Å²) in [6, 6.07) is 8.80. The standard InChI is InChI=1S/C26H24N2O7S/c1-5-12-34-25(32)23-15(4)27-26(36-23)28-20(18-11-10-14(3)35-18)19(22(30)24(28)31)21(29)16-8-7-9-17(13-16)33-6-2/h5,7-11,13,20,29H,1,6,12H2,2-4H3. The Hall–Kier alpha value is -4.18. The number of esters is 1. The van der Waals surface area contributed by atoms with Crippen molar-refractivity contribution in [3.8, 4) is 5.75 Å². The van der Waals surface area contributed by atoms with Crippen LogP contribution >= 0.6 is 11.3 Å². The van der Waals surface area contributed by atoms with Gasteiger partial charge in [-0.15, -0.1) is 0 Å². The van der Waals surface area contributed by atoms with E-state index in [0.717, 1.165) is 16.2 Å². The van der Waals surface area contributed by atoms with E-state index in [2.05, 4.69) is 11.6 Å². The van der Waals surface area contributed by atoms with Gasteiger partial charge in [-0.05, 0) is 45.0 Å². The number of furan rings is 1. The van der Waals surface area contributed by atoms with Crippen LogP contribution in [0.25, 0.3) is 5.76 Å². The highest BCUT2D eigenvalue weighted by atomic mass is 32.1. The molecule has 2 aromatic heterocycles. The summed E-state index contributed by atoms with van der Waals surface area (Å²) in [5, 5.41) is 11.3. The van der Waals surface area contributed by atoms with Gasteiger partial charge in [0.25, 0.3) is 5.78 Å². The Labute approximate surface area is 211 Å². The van der Waals surface area contributed by atoms with Crippen molar-refractivity contribution in [3.63, 3.8) is 0 Å². The highest BCUT2D eigenvalue weighted by Crippen LogP contribution is 2.44. The molecule has 1 atom stereocenters. The van der Waals surface area contributed by atoms with Gasteiger partial charge in [-0.2, -0.15) is 0 Å². The van der Waals surface area contributed by atoms with Crippen LogP contribution in [-0.4, -0.2) is 41.0 Å². The zero-order valence-corrected chi connectivity index (χ0v) is 20.8. The van der Waals surface area contributed by atoms with Gasteiger partial charge in [-0.3, -0.25) is 14.5 Å². The molecule has 1 amide bonds. The third-order valence-electron chi connectivity index (χ3n) is 5.40. The molecule has 0 spiro atoms. The van der Waals surface area contributed by atoms with Crippen molar-refractivity contribution in [2.24, 2.45) is 0 Å². The lowest BCUT2D eigenvalue weighted by Crippen LogP contribution is -2.29. The number of hydrogen-bond acceptors (Lipinski definition) is 9. The third kappa shape index (κ3) is 4.55. The van der Waals surface area contributed by atoms with E-state index in [1.165, 1.54) is 6.08 Å². The number of carbonyl (C=O) groups excluding carboxylic acids is 3. The summed E-state index contributed by atoms with van der Waals surface area (Å²) in [7, 11) is 0. The minimum Gasteiger partial charge on any atom is -0.507 e. The van der Waals surface area contributed by atoms with E-state index in [9.17, 15) is 19.5 Å². The summed E-state index contributed by atoms with van der Waals surface area (Å²) >= 11 is 0.912. The summed E-state index contributed by atoms with van der Waals surface area (Å²) in [6.45, 7) is 9.11. The lowest BCUT2D eigenvalue weighted by atomic mass is 9.99. The monoisotopic (exact) mass is 508 g/mol. The lowest BCUT2D eigenvalue weighted by Gasteiger charge is -2.20. The summed E-state index contributed by atoms with van der Waals surface area (Å²) in [6.07, 6.45) is 1.44. The van der Waals surface area contributed by atoms with E-state index in [1.807, 2.05) is 6.92 Å². The highest BCUT2D eigenvalue weighted by Gasteiger charge is 2.50. The van der Waals surface area contributed by atoms with Crippen LogP contribution in [0.4, 0.5) is 5.13 Å². The normalized spacial score (nSPS) is 16.9. The predicted molar refractivity (Wildman–Crippen MR) is 133 cm³/mol. The van der Waals surface area contributed by atoms with Crippen LogP contribution in [0.5, 0.6) is 5.75 Å². The average Bonchev–Trinajstić information content (AvgIpc) is 3.53. The number of Topliss-reactive ketones (excluding diaryl/α,β-unsaturated/α-hetero) is 1. The van der Waals surface area contributed by atoms with Gasteiger partial charge in [0.2, 0.25) is 0 Å². The summed E-state index contributed by atoms with van der Waals surface area (Å²) in [5.74, 6) is -1.50. The number of amides is 1. The molecule has 1 aliphatic heterocycles. The summed E-state index contributed by atoms with van der Waals surface area (Å²) in [5.41, 5.74) is 0.479. The second-order valence-electron chi connectivity index (χ2n) is 7.88. The Bertz CT molecular complexity index is 1380. The molecule has 10 heteroatoms. The topological polar surface area (TPSA) is 119 Å². The summed E-state index contributed by atoms with van der Waals surface area (Å²) in [4.78, 5) is 44.7. The minimum atomic E-state index is -1.10. The molecule has 0 radical (unpaired) electrons. The van der Waals surface area contributed by atoms with Gasteiger partial charge >= 0.3 is 11.9 Å². The number of aliphatic hydroxyl groups excluding tert-OH is 1. The van der Waals surface area contributed by atoms with Gasteiger partial charge < -0.3 is 19.0 Å². The number of thiazole rings is 1. The average molecular weight is 509 g/mol. The van der Waals surface area contributed by atoms with Gasteiger partial charge in [-0.1, -0.05) is 36.1 Å². The maximum absolute atomic E-state index is 13.3. The molecule has 36 heavy (non-hydrogen) atoms. The number of benzene rings is 1. The molecule has 0 bridgehead atoms. The number of ether oxygens (including phenoxy) is 2. The number of anilines is 1. The maximum atomic E-state index is 13.3. The zero-order chi connectivity index (χ0) is 26.0. The minimum absolute atomic E-state index is 0.0164. The number of aliphatic hydroxyl groups is 1. The highest BCUT2D eigenvalue weighted by molar-refractivity contribution is 7.17. The Morgan fingerprint density at radius 3 is 2.72 bits per heavy atom. The zero-order valence-electron chi connectivity index (χ0n) is 19.9. The molecule has 9 nitrogen and oxygen atoms in total. The van der Waals surface area contributed by atoms with Crippen molar-refractivity contribution in [2.75, 3.05) is 18.1 Å². The van der Waals surface area contributed by atoms with E-state index < -0.39 is 23.7 Å². The first kappa shape index (κ1) is 24.9. The maximum Gasteiger partial charge on any atom is 0.350 e. The number of hydrogen-bond donors (Lipinski definition) is 1. The molecule has 186 valence electrons. The first-order valence-corrected chi connectivity index (χ1v) is 11.9. The first-order chi connectivity index (χ1) is 17.3. The van der Waals surface area contributed by atoms with Gasteiger partial charge in [0, 0.05) is 5.56 Å². The number of aromatic nitrogens is 1. The number of nitrogens with zero attached hydrogens (tertiary/aromatic N) is 2. The molecule has 1 aromatic carbocycles. The lowest BCUT2D eigenvalue weighted by molar-refractivity contribution is -0.132. The van der Waals surface area contributed by atoms with E-state index in [0.29, 0.717) is 29.4 Å². The molecule has 1 fully saturated rings. The SMILES string of the molecule is C=CCOC(=O)c1sc(N2C(=O)C(=O)C(=C(O)c3cccc(OCC)c3)C2c2ccc(C)o2)nc1C. The number of aryl methyl sites for hydroxylation is 2. The van der Waals surface area contributed by atoms with E-state index in [1.54, 1.807) is 50.2 Å². The third-order valence-corrected chi connectivity index (χ3v) is 6.54. The van der Waals surface area contributed by atoms with Crippen molar-refractivity contribution >= 4 is 39.9 Å². The van der Waals surface area contributed by atoms with Crippen LogP contribution in [-0.2, 0) is 14.3 Å². The smallest absolute Gasteiger partial charge is 0.350 e. The summed E-state index contributed by atoms with van der Waals surface area (Å²) < 4.78 is 16.4. The van der Waals surface area contributed by atoms with Gasteiger partial charge in [-0.25, -0.2) is 9.78 Å². The molecule has 1 N–H and O–H groups in total. The van der Waals surface area contributed by atoms with Crippen LogP contribution in [0, 0.1) is 13.8 Å². The molecule has 1 saturated heterocycles. The van der Waals surface area contributed by atoms with Crippen molar-refractivity contribution < 1.29 is 33.4 Å². The fraction of sp³-hybridized carbons (Fsp3) is 0.231. The van der Waals surface area contributed by atoms with Crippen LogP contribution in [0.3, 0.4) is 0 Å². The molecule has 3 aromatic rings. The van der Waals surface area contributed by atoms with Crippen molar-refractivity contribution in [2.45, 2.75) is 26.8 Å². The Morgan fingerprint density at radius 1 is 1.28 bits per heavy atom.